The molecule has 5 aromatic rings. The maximum Gasteiger partial charge on any atom is 0.387 e. The van der Waals surface area contributed by atoms with Crippen LogP contribution >= 0.6 is 11.8 Å². The Morgan fingerprint density at radius 1 is 0.897 bits per heavy atom. The number of rotatable bonds is 9. The first-order valence-electron chi connectivity index (χ1n) is 12.3. The van der Waals surface area contributed by atoms with Gasteiger partial charge in [0.25, 0.3) is 0 Å². The van der Waals surface area contributed by atoms with E-state index in [1.54, 1.807) is 19.2 Å². The molecule has 5 rings (SSSR count). The fraction of sp³-hybridized carbons (Fsp3) is 0.200. The van der Waals surface area contributed by atoms with Crippen LogP contribution < -0.4 is 9.47 Å². The molecule has 0 radical (unpaired) electrons. The highest BCUT2D eigenvalue weighted by Gasteiger charge is 2.25. The summed E-state index contributed by atoms with van der Waals surface area (Å²) in [7, 11) is 1.63. The number of aryl methyl sites for hydroxylation is 1. The highest BCUT2D eigenvalue weighted by Crippen LogP contribution is 2.33. The third-order valence-corrected chi connectivity index (χ3v) is 7.58. The Morgan fingerprint density at radius 3 is 2.15 bits per heavy atom. The number of ether oxygens (including phenoxy) is 2. The van der Waals surface area contributed by atoms with Gasteiger partial charge in [-0.3, -0.25) is 9.36 Å². The largest absolute Gasteiger partial charge is 0.497 e. The summed E-state index contributed by atoms with van der Waals surface area (Å²) >= 11 is 1.41. The van der Waals surface area contributed by atoms with Gasteiger partial charge in [-0.15, -0.1) is 0 Å². The minimum absolute atomic E-state index is 0.0228. The number of hydrogen-bond donors (Lipinski definition) is 0. The van der Waals surface area contributed by atoms with E-state index in [0.717, 1.165) is 39.5 Å². The molecular formula is C30H27F2N3O3S. The summed E-state index contributed by atoms with van der Waals surface area (Å²) in [5, 5.41) is 0.292. The van der Waals surface area contributed by atoms with Crippen LogP contribution in [0.3, 0.4) is 0 Å². The number of fused-ring (bicyclic) bond motifs is 1. The molecule has 0 saturated heterocycles. The normalized spacial score (nSPS) is 12.2. The fourth-order valence-electron chi connectivity index (χ4n) is 4.68. The monoisotopic (exact) mass is 547 g/mol. The van der Waals surface area contributed by atoms with Gasteiger partial charge in [0.1, 0.15) is 11.5 Å². The van der Waals surface area contributed by atoms with E-state index in [-0.39, 0.29) is 11.5 Å². The first kappa shape index (κ1) is 26.5. The SMILES string of the molecule is COc1ccc(-n2c(S[C@H](C)C(=O)c3cc(C)n(-c4ccc(OC(F)F)cc4)c3C)nc3ccccc32)cc1. The van der Waals surface area contributed by atoms with Crippen LogP contribution in [0.4, 0.5) is 8.78 Å². The molecule has 0 saturated carbocycles. The van der Waals surface area contributed by atoms with Crippen LogP contribution in [0.1, 0.15) is 28.7 Å². The standard InChI is InChI=1S/C30H27F2N3O3S/c1-18-17-25(19(2)34(18)21-11-15-24(16-12-21)38-29(31)32)28(36)20(3)39-30-33-26-7-5-6-8-27(26)35(30)22-9-13-23(37-4)14-10-22/h5-17,20,29H,1-4H3/t20-/m1/s1. The number of aromatic nitrogens is 3. The number of nitrogens with zero attached hydrogens (tertiary/aromatic N) is 3. The molecule has 1 atom stereocenters. The van der Waals surface area contributed by atoms with Gasteiger partial charge in [0, 0.05) is 28.3 Å². The van der Waals surface area contributed by atoms with E-state index in [0.29, 0.717) is 10.7 Å². The van der Waals surface area contributed by atoms with E-state index in [1.165, 1.54) is 23.9 Å². The molecule has 0 aliphatic rings. The Hall–Kier alpha value is -4.11. The average Bonchev–Trinajstić information content (AvgIpc) is 3.44. The van der Waals surface area contributed by atoms with Crippen LogP contribution in [0.2, 0.25) is 0 Å². The summed E-state index contributed by atoms with van der Waals surface area (Å²) in [5.41, 5.74) is 5.70. The van der Waals surface area contributed by atoms with E-state index in [9.17, 15) is 13.6 Å². The van der Waals surface area contributed by atoms with Crippen LogP contribution in [0, 0.1) is 13.8 Å². The molecule has 6 nitrogen and oxygen atoms in total. The van der Waals surface area contributed by atoms with Crippen molar-refractivity contribution in [3.63, 3.8) is 0 Å². The zero-order chi connectivity index (χ0) is 27.7. The minimum atomic E-state index is -2.88. The summed E-state index contributed by atoms with van der Waals surface area (Å²) in [4.78, 5) is 18.5. The summed E-state index contributed by atoms with van der Waals surface area (Å²) in [6.07, 6.45) is 0. The van der Waals surface area contributed by atoms with Crippen LogP contribution in [-0.2, 0) is 0 Å². The Kier molecular flexibility index (Phi) is 7.43. The minimum Gasteiger partial charge on any atom is -0.497 e. The molecule has 200 valence electrons. The zero-order valence-electron chi connectivity index (χ0n) is 21.9. The van der Waals surface area contributed by atoms with E-state index < -0.39 is 11.9 Å². The third kappa shape index (κ3) is 5.27. The van der Waals surface area contributed by atoms with Crippen molar-refractivity contribution in [2.75, 3.05) is 7.11 Å². The van der Waals surface area contributed by atoms with Gasteiger partial charge in [-0.25, -0.2) is 4.98 Å². The topological polar surface area (TPSA) is 58.3 Å². The molecule has 9 heteroatoms. The number of hydrogen-bond acceptors (Lipinski definition) is 5. The highest BCUT2D eigenvalue weighted by atomic mass is 32.2. The Morgan fingerprint density at radius 2 is 1.51 bits per heavy atom. The number of Topliss-reactive ketones (excluding diaryl/α,β-unsaturated/α-hetero) is 1. The van der Waals surface area contributed by atoms with Gasteiger partial charge in [-0.1, -0.05) is 23.9 Å². The second-order valence-electron chi connectivity index (χ2n) is 9.03. The molecule has 0 spiro atoms. The van der Waals surface area contributed by atoms with E-state index in [1.807, 2.05) is 79.9 Å². The van der Waals surface area contributed by atoms with Gasteiger partial charge in [-0.05, 0) is 87.5 Å². The summed E-state index contributed by atoms with van der Waals surface area (Å²) in [6.45, 7) is 2.79. The summed E-state index contributed by atoms with van der Waals surface area (Å²) < 4.78 is 38.8. The highest BCUT2D eigenvalue weighted by molar-refractivity contribution is 8.00. The molecule has 2 aromatic heterocycles. The zero-order valence-corrected chi connectivity index (χ0v) is 22.7. The molecule has 0 fully saturated rings. The van der Waals surface area contributed by atoms with Crippen LogP contribution in [-0.4, -0.2) is 38.9 Å². The van der Waals surface area contributed by atoms with Crippen LogP contribution in [0.5, 0.6) is 11.5 Å². The summed E-state index contributed by atoms with van der Waals surface area (Å²) in [5.74, 6) is 0.815. The molecule has 39 heavy (non-hydrogen) atoms. The van der Waals surface area contributed by atoms with Gasteiger partial charge < -0.3 is 14.0 Å². The van der Waals surface area contributed by atoms with Crippen molar-refractivity contribution in [2.45, 2.75) is 37.8 Å². The maximum absolute atomic E-state index is 13.7. The lowest BCUT2D eigenvalue weighted by atomic mass is 10.1. The lowest BCUT2D eigenvalue weighted by molar-refractivity contribution is -0.0498. The molecule has 0 aliphatic heterocycles. The molecule has 3 aromatic carbocycles. The average molecular weight is 548 g/mol. The molecule has 0 amide bonds. The van der Waals surface area contributed by atoms with Gasteiger partial charge in [-0.2, -0.15) is 8.78 Å². The number of ketones is 1. The predicted molar refractivity (Wildman–Crippen MR) is 149 cm³/mol. The molecule has 0 aliphatic carbocycles. The Labute approximate surface area is 229 Å². The van der Waals surface area contributed by atoms with Crippen LogP contribution in [0.25, 0.3) is 22.4 Å². The number of carbonyl (C=O) groups excluding carboxylic acids is 1. The van der Waals surface area contributed by atoms with E-state index >= 15 is 0 Å². The predicted octanol–water partition coefficient (Wildman–Crippen LogP) is 7.41. The van der Waals surface area contributed by atoms with Crippen molar-refractivity contribution < 1.29 is 23.0 Å². The second-order valence-corrected chi connectivity index (χ2v) is 10.3. The first-order chi connectivity index (χ1) is 18.8. The van der Waals surface area contributed by atoms with Crippen molar-refractivity contribution in [3.05, 3.63) is 95.8 Å². The molecule has 0 bridgehead atoms. The number of benzene rings is 3. The number of alkyl halides is 2. The van der Waals surface area contributed by atoms with Crippen molar-refractivity contribution in [2.24, 2.45) is 0 Å². The van der Waals surface area contributed by atoms with Gasteiger partial charge in [0.15, 0.2) is 10.9 Å². The number of imidazole rings is 1. The number of halogens is 2. The Bertz CT molecular complexity index is 1630. The quantitative estimate of drug-likeness (QED) is 0.142. The number of para-hydroxylation sites is 2. The van der Waals surface area contributed by atoms with Crippen LogP contribution in [0.15, 0.2) is 84.0 Å². The van der Waals surface area contributed by atoms with Crippen molar-refractivity contribution in [3.8, 4) is 22.9 Å². The Balaban J connectivity index is 1.44. The van der Waals surface area contributed by atoms with Gasteiger partial charge >= 0.3 is 6.61 Å². The lowest BCUT2D eigenvalue weighted by Crippen LogP contribution is -2.15. The van der Waals surface area contributed by atoms with E-state index in [2.05, 4.69) is 9.30 Å². The van der Waals surface area contributed by atoms with Gasteiger partial charge in [0.2, 0.25) is 0 Å². The fourth-order valence-corrected chi connectivity index (χ4v) is 5.69. The van der Waals surface area contributed by atoms with E-state index in [4.69, 9.17) is 9.72 Å². The number of methoxy groups -OCH3 is 1. The number of carbonyl (C=O) groups is 1. The third-order valence-electron chi connectivity index (χ3n) is 6.53. The first-order valence-corrected chi connectivity index (χ1v) is 13.2. The van der Waals surface area contributed by atoms with Crippen molar-refractivity contribution in [1.82, 2.24) is 14.1 Å². The van der Waals surface area contributed by atoms with Gasteiger partial charge in [0.05, 0.1) is 23.4 Å². The summed E-state index contributed by atoms with van der Waals surface area (Å²) in [6, 6.07) is 23.8. The smallest absolute Gasteiger partial charge is 0.387 e. The number of thioether (sulfide) groups is 1. The molecular weight excluding hydrogens is 520 g/mol. The molecule has 2 heterocycles. The second kappa shape index (κ2) is 10.9. The lowest BCUT2D eigenvalue weighted by Gasteiger charge is -2.14. The maximum atomic E-state index is 13.7. The molecule has 0 N–H and O–H groups in total. The van der Waals surface area contributed by atoms with Crippen molar-refractivity contribution in [1.29, 1.82) is 0 Å². The molecule has 0 unspecified atom stereocenters. The van der Waals surface area contributed by atoms with Crippen molar-refractivity contribution >= 4 is 28.6 Å².